The summed E-state index contributed by atoms with van der Waals surface area (Å²) in [5.74, 6) is 1.11. The molecule has 0 aliphatic carbocycles. The molecule has 1 atom stereocenters. The molecule has 1 aliphatic heterocycles. The van der Waals surface area contributed by atoms with Crippen LogP contribution in [0.2, 0.25) is 0 Å². The van der Waals surface area contributed by atoms with Crippen molar-refractivity contribution in [3.05, 3.63) is 59.7 Å². The minimum Gasteiger partial charge on any atom is -0.507 e. The highest BCUT2D eigenvalue weighted by Gasteiger charge is 2.27. The number of carbonyl (C=O) groups excluding carboxylic acids is 1. The van der Waals surface area contributed by atoms with Crippen LogP contribution in [0.1, 0.15) is 20.8 Å². The third kappa shape index (κ3) is 4.43. The second-order valence-corrected chi connectivity index (χ2v) is 8.41. The van der Waals surface area contributed by atoms with Gasteiger partial charge in [0, 0.05) is 33.0 Å². The summed E-state index contributed by atoms with van der Waals surface area (Å²) in [6.07, 6.45) is 0.468. The minimum absolute atomic E-state index is 0. The largest absolute Gasteiger partial charge is 0.507 e. The minimum atomic E-state index is -1.11. The normalized spacial score (nSPS) is 15.0. The van der Waals surface area contributed by atoms with E-state index < -0.39 is 6.10 Å². The van der Waals surface area contributed by atoms with Crippen LogP contribution in [0.4, 0.5) is 5.82 Å². The van der Waals surface area contributed by atoms with Gasteiger partial charge in [-0.15, -0.1) is 0 Å². The van der Waals surface area contributed by atoms with Gasteiger partial charge >= 0.3 is 0 Å². The number of benzene rings is 2. The molecule has 32 heavy (non-hydrogen) atoms. The number of phenolic OH excluding ortho intramolecular Hbond substituents is 1. The number of aliphatic hydroxyl groups excluding tert-OH is 1. The zero-order chi connectivity index (χ0) is 22.8. The maximum atomic E-state index is 12.6. The molecule has 0 spiro atoms. The van der Waals surface area contributed by atoms with E-state index in [-0.39, 0.29) is 13.1 Å². The van der Waals surface area contributed by atoms with Crippen molar-refractivity contribution in [2.75, 3.05) is 31.1 Å². The summed E-state index contributed by atoms with van der Waals surface area (Å²) in [5.41, 5.74) is 3.39. The fraction of sp³-hybridized carbons (Fsp3) is 0.320. The van der Waals surface area contributed by atoms with Crippen LogP contribution in [0.3, 0.4) is 0 Å². The van der Waals surface area contributed by atoms with Crippen LogP contribution in [0.25, 0.3) is 22.3 Å². The Hall–Kier alpha value is -3.45. The first-order valence-corrected chi connectivity index (χ1v) is 10.8. The van der Waals surface area contributed by atoms with E-state index in [9.17, 15) is 15.0 Å². The van der Waals surface area contributed by atoms with Gasteiger partial charge in [-0.1, -0.05) is 23.8 Å². The second-order valence-electron chi connectivity index (χ2n) is 8.41. The van der Waals surface area contributed by atoms with Gasteiger partial charge in [-0.3, -0.25) is 4.79 Å². The fourth-order valence-corrected chi connectivity index (χ4v) is 3.96. The predicted octanol–water partition coefficient (Wildman–Crippen LogP) is 3.53. The number of aliphatic hydroxyl groups is 1. The molecule has 0 saturated carbocycles. The molecule has 7 nitrogen and oxygen atoms in total. The van der Waals surface area contributed by atoms with Gasteiger partial charge < -0.3 is 20.0 Å². The summed E-state index contributed by atoms with van der Waals surface area (Å²) in [4.78, 5) is 25.9. The van der Waals surface area contributed by atoms with Gasteiger partial charge in [0.2, 0.25) is 0 Å². The van der Waals surface area contributed by atoms with E-state index in [1.165, 1.54) is 0 Å². The van der Waals surface area contributed by atoms with Gasteiger partial charge in [-0.05, 0) is 56.7 Å². The van der Waals surface area contributed by atoms with Crippen LogP contribution in [0.5, 0.6) is 5.75 Å². The molecule has 1 aliphatic rings. The standard InChI is InChI=1S/C25H28N4O3.H2/c1-16(2)14-22(31)25(32)29-12-10-28(11-13-29)24-18-9-8-17(3)15-20(18)26-23(27-24)19-6-4-5-7-21(19)30;/h4-9,14-15,22,30-31H,10-13H2,1-3H3;1H. The Morgan fingerprint density at radius 3 is 2.50 bits per heavy atom. The zero-order valence-corrected chi connectivity index (χ0v) is 18.6. The number of aryl methyl sites for hydroxylation is 1. The number of para-hydroxylation sites is 1. The SMILES string of the molecule is CC(C)=CC(O)C(=O)N1CCN(c2nc(-c3ccccc3O)nc3cc(C)ccc23)CC1.[HH]. The number of nitrogens with zero attached hydrogens (tertiary/aromatic N) is 4. The van der Waals surface area contributed by atoms with Crippen LogP contribution in [0, 0.1) is 6.92 Å². The lowest BCUT2D eigenvalue weighted by atomic mass is 10.1. The third-order valence-corrected chi connectivity index (χ3v) is 5.61. The number of carbonyl (C=O) groups is 1. The number of piperazine rings is 1. The topological polar surface area (TPSA) is 89.8 Å². The molecule has 0 bridgehead atoms. The lowest BCUT2D eigenvalue weighted by Gasteiger charge is -2.36. The summed E-state index contributed by atoms with van der Waals surface area (Å²) in [7, 11) is 0. The van der Waals surface area contributed by atoms with Crippen molar-refractivity contribution in [3.63, 3.8) is 0 Å². The number of amides is 1. The highest BCUT2D eigenvalue weighted by molar-refractivity contribution is 5.92. The van der Waals surface area contributed by atoms with Crippen LogP contribution in [-0.4, -0.2) is 63.3 Å². The summed E-state index contributed by atoms with van der Waals surface area (Å²) in [5, 5.41) is 21.4. The van der Waals surface area contributed by atoms with E-state index in [4.69, 9.17) is 9.97 Å². The van der Waals surface area contributed by atoms with Crippen LogP contribution >= 0.6 is 0 Å². The number of anilines is 1. The first-order valence-electron chi connectivity index (χ1n) is 10.8. The molecule has 1 saturated heterocycles. The lowest BCUT2D eigenvalue weighted by molar-refractivity contribution is -0.138. The molecule has 2 heterocycles. The van der Waals surface area contributed by atoms with Gasteiger partial charge in [-0.25, -0.2) is 9.97 Å². The Kier molecular flexibility index (Phi) is 6.10. The highest BCUT2D eigenvalue weighted by atomic mass is 16.3. The number of hydrogen-bond acceptors (Lipinski definition) is 6. The number of allylic oxidation sites excluding steroid dienone is 1. The van der Waals surface area contributed by atoms with Gasteiger partial charge in [0.1, 0.15) is 11.6 Å². The number of phenols is 1. The molecule has 4 rings (SSSR count). The molecule has 1 fully saturated rings. The van der Waals surface area contributed by atoms with Gasteiger partial charge in [0.25, 0.3) is 5.91 Å². The molecule has 2 aromatic carbocycles. The number of hydrogen-bond donors (Lipinski definition) is 2. The summed E-state index contributed by atoms with van der Waals surface area (Å²) >= 11 is 0. The first-order chi connectivity index (χ1) is 15.3. The quantitative estimate of drug-likeness (QED) is 0.611. The highest BCUT2D eigenvalue weighted by Crippen LogP contribution is 2.32. The van der Waals surface area contributed by atoms with Crippen molar-refractivity contribution in [2.24, 2.45) is 0 Å². The van der Waals surface area contributed by atoms with E-state index in [1.54, 1.807) is 29.2 Å². The number of aromatic hydroxyl groups is 1. The fourth-order valence-electron chi connectivity index (χ4n) is 3.96. The molecule has 0 radical (unpaired) electrons. The zero-order valence-electron chi connectivity index (χ0n) is 18.6. The Morgan fingerprint density at radius 1 is 1.09 bits per heavy atom. The van der Waals surface area contributed by atoms with Crippen molar-refractivity contribution in [3.8, 4) is 17.1 Å². The molecule has 1 unspecified atom stereocenters. The summed E-state index contributed by atoms with van der Waals surface area (Å²) < 4.78 is 0. The van der Waals surface area contributed by atoms with E-state index >= 15 is 0 Å². The van der Waals surface area contributed by atoms with Crippen molar-refractivity contribution in [2.45, 2.75) is 26.9 Å². The Morgan fingerprint density at radius 2 is 1.81 bits per heavy atom. The van der Waals surface area contributed by atoms with Gasteiger partial charge in [-0.2, -0.15) is 0 Å². The summed E-state index contributed by atoms with van der Waals surface area (Å²) in [6, 6.07) is 13.1. The second kappa shape index (κ2) is 8.96. The maximum Gasteiger partial charge on any atom is 0.255 e. The van der Waals surface area contributed by atoms with Crippen LogP contribution < -0.4 is 4.90 Å². The number of aromatic nitrogens is 2. The average molecular weight is 435 g/mol. The van der Waals surface area contributed by atoms with Gasteiger partial charge in [0.15, 0.2) is 11.9 Å². The van der Waals surface area contributed by atoms with E-state index in [1.807, 2.05) is 45.0 Å². The molecular formula is C25H30N4O3. The molecule has 3 aromatic rings. The van der Waals surface area contributed by atoms with Crippen molar-refractivity contribution in [1.29, 1.82) is 0 Å². The molecule has 168 valence electrons. The third-order valence-electron chi connectivity index (χ3n) is 5.61. The Bertz CT molecular complexity index is 1190. The molecular weight excluding hydrogens is 404 g/mol. The Balaban J connectivity index is 0.00000306. The van der Waals surface area contributed by atoms with E-state index in [0.29, 0.717) is 37.6 Å². The van der Waals surface area contributed by atoms with Gasteiger partial charge in [0.05, 0.1) is 11.1 Å². The number of rotatable bonds is 4. The molecule has 1 amide bonds. The Labute approximate surface area is 189 Å². The van der Waals surface area contributed by atoms with Crippen LogP contribution in [0.15, 0.2) is 54.1 Å². The first kappa shape index (κ1) is 21.8. The van der Waals surface area contributed by atoms with Crippen LogP contribution in [-0.2, 0) is 4.79 Å². The molecule has 1 aromatic heterocycles. The smallest absolute Gasteiger partial charge is 0.255 e. The monoisotopic (exact) mass is 434 g/mol. The van der Waals surface area contributed by atoms with Crippen molar-refractivity contribution in [1.82, 2.24) is 14.9 Å². The number of fused-ring (bicyclic) bond motifs is 1. The average Bonchev–Trinajstić information content (AvgIpc) is 2.77. The van der Waals surface area contributed by atoms with Crippen molar-refractivity contribution >= 4 is 22.6 Å². The molecule has 7 heteroatoms. The lowest BCUT2D eigenvalue weighted by Crippen LogP contribution is -2.51. The molecule has 2 N–H and O–H groups in total. The summed E-state index contributed by atoms with van der Waals surface area (Å²) in [6.45, 7) is 7.91. The maximum absolute atomic E-state index is 12.6. The van der Waals surface area contributed by atoms with Crippen molar-refractivity contribution < 1.29 is 16.4 Å². The predicted molar refractivity (Wildman–Crippen MR) is 128 cm³/mol. The van der Waals surface area contributed by atoms with E-state index in [2.05, 4.69) is 4.90 Å². The van der Waals surface area contributed by atoms with E-state index in [0.717, 1.165) is 27.9 Å².